The van der Waals surface area contributed by atoms with E-state index >= 15 is 0 Å². The van der Waals surface area contributed by atoms with Crippen molar-refractivity contribution in [2.24, 2.45) is 0 Å². The average molecular weight is 340 g/mol. The van der Waals surface area contributed by atoms with Crippen LogP contribution in [0.15, 0.2) is 36.4 Å². The maximum atomic E-state index is 10.1. The van der Waals surface area contributed by atoms with E-state index in [4.69, 9.17) is 20.1 Å². The highest BCUT2D eigenvalue weighted by Crippen LogP contribution is 1.99. The van der Waals surface area contributed by atoms with Gasteiger partial charge in [0, 0.05) is 19.3 Å². The van der Waals surface area contributed by atoms with Gasteiger partial charge in [0.2, 0.25) is 0 Å². The van der Waals surface area contributed by atoms with Crippen molar-refractivity contribution in [2.75, 3.05) is 26.4 Å². The maximum Gasteiger partial charge on any atom is 0.328 e. The first-order valence-electron chi connectivity index (χ1n) is 8.37. The molecule has 1 aromatic carbocycles. The molecule has 0 spiro atoms. The van der Waals surface area contributed by atoms with Crippen LogP contribution in [0.1, 0.15) is 45.1 Å². The average Bonchev–Trinajstić information content (AvgIpc) is 2.61. The number of rotatable bonds is 9. The van der Waals surface area contributed by atoms with E-state index in [0.29, 0.717) is 0 Å². The molecule has 24 heavy (non-hydrogen) atoms. The molecule has 0 saturated heterocycles. The van der Waals surface area contributed by atoms with Crippen LogP contribution in [-0.2, 0) is 9.53 Å². The number of hydrogen-bond acceptors (Lipinski definition) is 4. The van der Waals surface area contributed by atoms with E-state index in [-0.39, 0.29) is 13.2 Å². The first-order chi connectivity index (χ1) is 11.6. The molecule has 0 fully saturated rings. The number of aliphatic carboxylic acids is 1. The second-order valence-corrected chi connectivity index (χ2v) is 4.85. The summed E-state index contributed by atoms with van der Waals surface area (Å²) in [5.74, 6) is -0.922. The van der Waals surface area contributed by atoms with Gasteiger partial charge in [-0.25, -0.2) is 4.79 Å². The van der Waals surface area contributed by atoms with Crippen molar-refractivity contribution in [1.82, 2.24) is 0 Å². The van der Waals surface area contributed by atoms with Gasteiger partial charge in [0.15, 0.2) is 0 Å². The van der Waals surface area contributed by atoms with Crippen molar-refractivity contribution >= 4 is 12.0 Å². The molecule has 0 aliphatic rings. The number of carbonyl (C=O) groups is 1. The summed E-state index contributed by atoms with van der Waals surface area (Å²) in [6.07, 6.45) is 7.59. The summed E-state index contributed by atoms with van der Waals surface area (Å²) in [6, 6.07) is 9.31. The van der Waals surface area contributed by atoms with E-state index in [1.165, 1.54) is 25.7 Å². The van der Waals surface area contributed by atoms with Gasteiger partial charge in [-0.15, -0.1) is 0 Å². The topological polar surface area (TPSA) is 87.0 Å². The fraction of sp³-hybridized carbons (Fsp3) is 0.526. The third-order valence-corrected chi connectivity index (χ3v) is 2.60. The molecule has 1 rings (SSSR count). The van der Waals surface area contributed by atoms with Gasteiger partial charge in [0.1, 0.15) is 0 Å². The number of carboxylic acids is 1. The molecule has 5 nitrogen and oxygen atoms in total. The number of aliphatic hydroxyl groups excluding tert-OH is 2. The largest absolute Gasteiger partial charge is 0.478 e. The zero-order valence-electron chi connectivity index (χ0n) is 14.9. The standard InChI is InChI=1S/C9H8O2.C8H18O.C2H6O2/c10-9(11)7-6-8-4-2-1-3-5-8;1-3-5-7-9-8-6-4-2;3-1-2-4/h1-7H,(H,10,11);3-8H2,1-2H3;3-4H,1-2H2. The quantitative estimate of drug-likeness (QED) is 0.474. The molecule has 0 aliphatic heterocycles. The lowest BCUT2D eigenvalue weighted by Crippen LogP contribution is -1.95. The van der Waals surface area contributed by atoms with Gasteiger partial charge in [-0.2, -0.15) is 0 Å². The highest BCUT2D eigenvalue weighted by molar-refractivity contribution is 5.85. The molecular formula is C19H32O5. The summed E-state index contributed by atoms with van der Waals surface area (Å²) in [7, 11) is 0. The molecule has 0 heterocycles. The van der Waals surface area contributed by atoms with Gasteiger partial charge >= 0.3 is 5.97 Å². The molecule has 5 heteroatoms. The molecule has 0 aliphatic carbocycles. The molecular weight excluding hydrogens is 308 g/mol. The normalized spacial score (nSPS) is 9.67. The molecule has 0 bridgehead atoms. The van der Waals surface area contributed by atoms with Crippen LogP contribution in [-0.4, -0.2) is 47.7 Å². The van der Waals surface area contributed by atoms with Gasteiger partial charge in [0.25, 0.3) is 0 Å². The lowest BCUT2D eigenvalue weighted by molar-refractivity contribution is -0.131. The molecule has 0 radical (unpaired) electrons. The minimum Gasteiger partial charge on any atom is -0.478 e. The molecule has 0 saturated carbocycles. The van der Waals surface area contributed by atoms with Crippen LogP contribution < -0.4 is 0 Å². The Morgan fingerprint density at radius 2 is 1.50 bits per heavy atom. The Labute approximate surface area is 145 Å². The summed E-state index contributed by atoms with van der Waals surface area (Å²) in [4.78, 5) is 10.1. The fourth-order valence-electron chi connectivity index (χ4n) is 1.33. The highest BCUT2D eigenvalue weighted by atomic mass is 16.5. The highest BCUT2D eigenvalue weighted by Gasteiger charge is 1.86. The van der Waals surface area contributed by atoms with Gasteiger partial charge in [-0.1, -0.05) is 57.0 Å². The van der Waals surface area contributed by atoms with Crippen LogP contribution in [0.25, 0.3) is 6.08 Å². The van der Waals surface area contributed by atoms with Crippen LogP contribution in [0.5, 0.6) is 0 Å². The van der Waals surface area contributed by atoms with Crippen LogP contribution >= 0.6 is 0 Å². The Kier molecular flexibility index (Phi) is 21.8. The lowest BCUT2D eigenvalue weighted by Gasteiger charge is -1.99. The first-order valence-corrected chi connectivity index (χ1v) is 8.37. The van der Waals surface area contributed by atoms with Crippen molar-refractivity contribution in [3.8, 4) is 0 Å². The van der Waals surface area contributed by atoms with E-state index in [9.17, 15) is 4.79 Å². The van der Waals surface area contributed by atoms with E-state index in [2.05, 4.69) is 13.8 Å². The zero-order chi connectivity index (χ0) is 18.5. The van der Waals surface area contributed by atoms with E-state index in [1.807, 2.05) is 30.3 Å². The Balaban J connectivity index is 0. The van der Waals surface area contributed by atoms with Crippen LogP contribution in [0.3, 0.4) is 0 Å². The summed E-state index contributed by atoms with van der Waals surface area (Å²) in [6.45, 7) is 6.03. The maximum absolute atomic E-state index is 10.1. The lowest BCUT2D eigenvalue weighted by atomic mass is 10.2. The molecule has 138 valence electrons. The van der Waals surface area contributed by atoms with Gasteiger partial charge in [0.05, 0.1) is 13.2 Å². The van der Waals surface area contributed by atoms with E-state index in [0.717, 1.165) is 24.9 Å². The van der Waals surface area contributed by atoms with Gasteiger partial charge < -0.3 is 20.1 Å². The van der Waals surface area contributed by atoms with Crippen LogP contribution in [0.4, 0.5) is 0 Å². The molecule has 0 atom stereocenters. The number of ether oxygens (including phenoxy) is 1. The van der Waals surface area contributed by atoms with Crippen molar-refractivity contribution < 1.29 is 24.9 Å². The van der Waals surface area contributed by atoms with Gasteiger partial charge in [-0.05, 0) is 24.5 Å². The molecule has 1 aromatic rings. The minimum absolute atomic E-state index is 0.125. The van der Waals surface area contributed by atoms with Crippen molar-refractivity contribution in [2.45, 2.75) is 39.5 Å². The monoisotopic (exact) mass is 340 g/mol. The second kappa shape index (κ2) is 21.3. The number of unbranched alkanes of at least 4 members (excludes halogenated alkanes) is 2. The third kappa shape index (κ3) is 22.6. The predicted molar refractivity (Wildman–Crippen MR) is 97.9 cm³/mol. The smallest absolute Gasteiger partial charge is 0.328 e. The Morgan fingerprint density at radius 3 is 1.88 bits per heavy atom. The zero-order valence-corrected chi connectivity index (χ0v) is 14.9. The third-order valence-electron chi connectivity index (χ3n) is 2.60. The summed E-state index contributed by atoms with van der Waals surface area (Å²) in [5, 5.41) is 23.5. The van der Waals surface area contributed by atoms with Crippen LogP contribution in [0, 0.1) is 0 Å². The number of aliphatic hydroxyl groups is 2. The molecule has 0 amide bonds. The van der Waals surface area contributed by atoms with Crippen molar-refractivity contribution in [3.63, 3.8) is 0 Å². The van der Waals surface area contributed by atoms with Crippen LogP contribution in [0.2, 0.25) is 0 Å². The van der Waals surface area contributed by atoms with Gasteiger partial charge in [-0.3, -0.25) is 0 Å². The van der Waals surface area contributed by atoms with Crippen molar-refractivity contribution in [3.05, 3.63) is 42.0 Å². The summed E-state index contributed by atoms with van der Waals surface area (Å²) < 4.78 is 5.31. The first kappa shape index (κ1) is 24.6. The fourth-order valence-corrected chi connectivity index (χ4v) is 1.33. The minimum atomic E-state index is -0.922. The van der Waals surface area contributed by atoms with E-state index in [1.54, 1.807) is 6.08 Å². The summed E-state index contributed by atoms with van der Waals surface area (Å²) >= 11 is 0. The summed E-state index contributed by atoms with van der Waals surface area (Å²) in [5.41, 5.74) is 0.898. The Morgan fingerprint density at radius 1 is 1.00 bits per heavy atom. The SMILES string of the molecule is CCCCOCCCC.O=C(O)C=Cc1ccccc1.OCCO. The molecule has 0 aromatic heterocycles. The Hall–Kier alpha value is -1.69. The Bertz CT molecular complexity index is 382. The molecule has 0 unspecified atom stereocenters. The number of carboxylic acid groups (broad SMARTS) is 1. The number of hydrogen-bond donors (Lipinski definition) is 3. The predicted octanol–water partition coefficient (Wildman–Crippen LogP) is 3.36. The van der Waals surface area contributed by atoms with Crippen molar-refractivity contribution in [1.29, 1.82) is 0 Å². The molecule has 3 N–H and O–H groups in total. The number of benzene rings is 1. The van der Waals surface area contributed by atoms with E-state index < -0.39 is 5.97 Å². The second-order valence-electron chi connectivity index (χ2n) is 4.85.